The van der Waals surface area contributed by atoms with Gasteiger partial charge in [0.2, 0.25) is 11.8 Å². The Morgan fingerprint density at radius 2 is 1.65 bits per heavy atom. The monoisotopic (exact) mass is 591 g/mol. The third-order valence-corrected chi connectivity index (χ3v) is 9.31. The van der Waals surface area contributed by atoms with E-state index in [2.05, 4.69) is 5.32 Å². The van der Waals surface area contributed by atoms with Crippen LogP contribution in [0.15, 0.2) is 36.4 Å². The molecule has 0 aromatic heterocycles. The van der Waals surface area contributed by atoms with Gasteiger partial charge in [0.1, 0.15) is 11.7 Å². The van der Waals surface area contributed by atoms with Crippen LogP contribution in [-0.4, -0.2) is 81.2 Å². The molecule has 0 saturated heterocycles. The number of aliphatic hydroxyl groups is 2. The summed E-state index contributed by atoms with van der Waals surface area (Å²) in [5.74, 6) is -9.60. The van der Waals surface area contributed by atoms with Crippen molar-refractivity contribution in [1.29, 1.82) is 0 Å². The molecular weight excluding hydrogens is 554 g/mol. The molecule has 228 valence electrons. The quantitative estimate of drug-likeness (QED) is 0.327. The van der Waals surface area contributed by atoms with Crippen molar-refractivity contribution in [2.45, 2.75) is 51.4 Å². The Morgan fingerprint density at radius 1 is 1.02 bits per heavy atom. The Morgan fingerprint density at radius 3 is 2.21 bits per heavy atom. The maximum absolute atomic E-state index is 14.0. The van der Waals surface area contributed by atoms with Crippen LogP contribution in [0.1, 0.15) is 43.1 Å². The predicted molar refractivity (Wildman–Crippen MR) is 156 cm³/mol. The number of ketones is 3. The zero-order valence-corrected chi connectivity index (χ0v) is 24.7. The van der Waals surface area contributed by atoms with Gasteiger partial charge in [-0.15, -0.1) is 0 Å². The SMILES string of the molecule is CN(C)[C@H]1C(O)C(C(N)=O)C(=O)[C@]2(O)C(=O)C3C(=O)c4c(O)ccc(-c5ccc(NC(=O)C(C)(C)C)cc5)c4C[C@@H]3C[C@H]12. The predicted octanol–water partition coefficient (Wildman–Crippen LogP) is 1.31. The molecule has 2 fully saturated rings. The van der Waals surface area contributed by atoms with Crippen LogP contribution in [0.2, 0.25) is 0 Å². The van der Waals surface area contributed by atoms with E-state index in [1.165, 1.54) is 6.07 Å². The van der Waals surface area contributed by atoms with Gasteiger partial charge in [-0.1, -0.05) is 39.0 Å². The molecule has 0 aliphatic heterocycles. The van der Waals surface area contributed by atoms with Crippen LogP contribution in [0.3, 0.4) is 0 Å². The molecule has 0 radical (unpaired) electrons. The summed E-state index contributed by atoms with van der Waals surface area (Å²) in [6.45, 7) is 5.42. The smallest absolute Gasteiger partial charge is 0.230 e. The minimum Gasteiger partial charge on any atom is -0.507 e. The molecule has 3 unspecified atom stereocenters. The lowest BCUT2D eigenvalue weighted by Crippen LogP contribution is -2.75. The van der Waals surface area contributed by atoms with E-state index in [1.54, 1.807) is 70.1 Å². The number of anilines is 1. The number of nitrogens with one attached hydrogen (secondary N) is 1. The number of phenols is 1. The molecule has 43 heavy (non-hydrogen) atoms. The van der Waals surface area contributed by atoms with Gasteiger partial charge in [-0.05, 0) is 67.7 Å². The number of benzene rings is 2. The minimum absolute atomic E-state index is 0.0298. The van der Waals surface area contributed by atoms with E-state index in [0.29, 0.717) is 22.4 Å². The molecule has 0 heterocycles. The highest BCUT2D eigenvalue weighted by Gasteiger charge is 2.69. The molecule has 11 heteroatoms. The molecule has 2 amide bonds. The van der Waals surface area contributed by atoms with Crippen molar-refractivity contribution in [3.63, 3.8) is 0 Å². The number of hydrogen-bond donors (Lipinski definition) is 5. The third-order valence-electron chi connectivity index (χ3n) is 9.31. The fourth-order valence-electron chi connectivity index (χ4n) is 7.14. The first kappa shape index (κ1) is 30.5. The molecule has 2 aromatic carbocycles. The van der Waals surface area contributed by atoms with Gasteiger partial charge in [-0.3, -0.25) is 24.0 Å². The van der Waals surface area contributed by atoms with Gasteiger partial charge in [-0.2, -0.15) is 0 Å². The number of fused-ring (bicyclic) bond motifs is 3. The van der Waals surface area contributed by atoms with Crippen LogP contribution < -0.4 is 11.1 Å². The number of phenolic OH excluding ortho intramolecular Hbond substituents is 1. The Kier molecular flexibility index (Phi) is 7.35. The highest BCUT2D eigenvalue weighted by Crippen LogP contribution is 2.52. The topological polar surface area (TPSA) is 187 Å². The van der Waals surface area contributed by atoms with Crippen LogP contribution in [0.5, 0.6) is 5.75 Å². The Balaban J connectivity index is 1.56. The minimum atomic E-state index is -2.71. The van der Waals surface area contributed by atoms with Crippen molar-refractivity contribution in [2.24, 2.45) is 34.8 Å². The highest BCUT2D eigenvalue weighted by atomic mass is 16.3. The number of carbonyl (C=O) groups excluding carboxylic acids is 5. The molecule has 0 spiro atoms. The lowest BCUT2D eigenvalue weighted by molar-refractivity contribution is -0.190. The molecule has 2 aromatic rings. The summed E-state index contributed by atoms with van der Waals surface area (Å²) in [5.41, 5.74) is 4.56. The van der Waals surface area contributed by atoms with Crippen LogP contribution in [0.25, 0.3) is 11.1 Å². The van der Waals surface area contributed by atoms with E-state index in [-0.39, 0.29) is 30.1 Å². The average Bonchev–Trinajstić information content (AvgIpc) is 2.90. The van der Waals surface area contributed by atoms with Gasteiger partial charge in [0, 0.05) is 23.1 Å². The van der Waals surface area contributed by atoms with Crippen LogP contribution >= 0.6 is 0 Å². The summed E-state index contributed by atoms with van der Waals surface area (Å²) >= 11 is 0. The van der Waals surface area contributed by atoms with E-state index in [0.717, 1.165) is 0 Å². The maximum Gasteiger partial charge on any atom is 0.230 e. The molecule has 2 saturated carbocycles. The van der Waals surface area contributed by atoms with Crippen molar-refractivity contribution >= 4 is 34.9 Å². The van der Waals surface area contributed by atoms with Crippen molar-refractivity contribution < 1.29 is 39.3 Å². The number of hydrogen-bond acceptors (Lipinski definition) is 9. The molecule has 3 aliphatic rings. The number of amides is 2. The zero-order chi connectivity index (χ0) is 31.8. The Labute approximate surface area is 249 Å². The summed E-state index contributed by atoms with van der Waals surface area (Å²) in [7, 11) is 3.20. The zero-order valence-electron chi connectivity index (χ0n) is 24.7. The lowest BCUT2D eigenvalue weighted by atomic mass is 9.52. The highest BCUT2D eigenvalue weighted by molar-refractivity contribution is 6.25. The van der Waals surface area contributed by atoms with Crippen LogP contribution in [0, 0.1) is 29.1 Å². The number of Topliss-reactive ketones (excluding diaryl/α,β-unsaturated/α-hetero) is 3. The maximum atomic E-state index is 14.0. The van der Waals surface area contributed by atoms with Gasteiger partial charge in [0.15, 0.2) is 23.0 Å². The molecule has 3 aliphatic carbocycles. The fraction of sp³-hybridized carbons (Fsp3) is 0.469. The van der Waals surface area contributed by atoms with E-state index in [1.807, 2.05) is 0 Å². The number of rotatable bonds is 4. The molecule has 0 bridgehead atoms. The number of aromatic hydroxyl groups is 1. The van der Waals surface area contributed by atoms with E-state index in [4.69, 9.17) is 5.73 Å². The first-order valence-corrected chi connectivity index (χ1v) is 14.3. The van der Waals surface area contributed by atoms with Gasteiger partial charge >= 0.3 is 0 Å². The summed E-state index contributed by atoms with van der Waals surface area (Å²) in [6.07, 6.45) is -1.35. The molecule has 7 atom stereocenters. The number of nitrogens with two attached hydrogens (primary N) is 1. The number of aliphatic hydroxyl groups excluding tert-OH is 1. The van der Waals surface area contributed by atoms with Crippen LogP contribution in [0.4, 0.5) is 5.69 Å². The first-order chi connectivity index (χ1) is 20.0. The summed E-state index contributed by atoms with van der Waals surface area (Å²) in [5, 5.41) is 36.4. The van der Waals surface area contributed by atoms with E-state index in [9.17, 15) is 39.3 Å². The third kappa shape index (κ3) is 4.66. The normalized spacial score (nSPS) is 30.4. The van der Waals surface area contributed by atoms with Gasteiger partial charge < -0.3 is 31.3 Å². The lowest BCUT2D eigenvalue weighted by Gasteiger charge is -2.54. The molecular formula is C32H37N3O8. The second kappa shape index (κ2) is 10.4. The van der Waals surface area contributed by atoms with Crippen molar-refractivity contribution in [3.8, 4) is 16.9 Å². The second-order valence-corrected chi connectivity index (χ2v) is 13.2. The Bertz CT molecular complexity index is 1540. The van der Waals surface area contributed by atoms with Gasteiger partial charge in [-0.25, -0.2) is 0 Å². The average molecular weight is 592 g/mol. The molecule has 6 N–H and O–H groups in total. The van der Waals surface area contributed by atoms with Crippen molar-refractivity contribution in [3.05, 3.63) is 47.5 Å². The van der Waals surface area contributed by atoms with Gasteiger partial charge in [0.05, 0.1) is 17.6 Å². The Hall–Kier alpha value is -3.93. The summed E-state index contributed by atoms with van der Waals surface area (Å²) < 4.78 is 0. The van der Waals surface area contributed by atoms with E-state index >= 15 is 0 Å². The van der Waals surface area contributed by atoms with Crippen LogP contribution in [-0.2, 0) is 25.6 Å². The first-order valence-electron chi connectivity index (χ1n) is 14.3. The number of primary amides is 1. The number of nitrogens with zero attached hydrogens (tertiary/aromatic N) is 1. The second-order valence-electron chi connectivity index (χ2n) is 13.2. The fourth-order valence-corrected chi connectivity index (χ4v) is 7.14. The van der Waals surface area contributed by atoms with E-state index < -0.39 is 70.1 Å². The van der Waals surface area contributed by atoms with Crippen molar-refractivity contribution in [1.82, 2.24) is 4.90 Å². The molecule has 11 nitrogen and oxygen atoms in total. The number of likely N-dealkylation sites (N-methyl/N-ethyl adjacent to an activating group) is 1. The summed E-state index contributed by atoms with van der Waals surface area (Å²) in [6, 6.07) is 9.12. The standard InChI is InChI=1S/C32H37N3O8/c1-31(2,3)30(42)34-16-8-6-14(7-9-16)17-10-11-20(36)22-18(17)12-15-13-19-24(35(4)5)26(38)23(29(33)41)28(40)32(19,43)27(39)21(15)25(22)37/h6-11,15,19,21,23-24,26,36,38,43H,12-13H2,1-5H3,(H2,33,41)(H,34,42)/t15-,19-,21?,23?,24-,26?,32-/m1/s1. The van der Waals surface area contributed by atoms with Gasteiger partial charge in [0.25, 0.3) is 0 Å². The largest absolute Gasteiger partial charge is 0.507 e. The van der Waals surface area contributed by atoms with Crippen molar-refractivity contribution in [2.75, 3.05) is 19.4 Å². The molecule has 5 rings (SSSR count). The number of carbonyl (C=O) groups is 5. The summed E-state index contributed by atoms with van der Waals surface area (Å²) in [4.78, 5) is 67.5.